The minimum Gasteiger partial charge on any atom is -0.340 e. The Labute approximate surface area is 159 Å². The lowest BCUT2D eigenvalue weighted by atomic mass is 10.1. The van der Waals surface area contributed by atoms with Crippen LogP contribution in [0.3, 0.4) is 0 Å². The fraction of sp³-hybridized carbons (Fsp3) is 0.526. The van der Waals surface area contributed by atoms with E-state index in [0.29, 0.717) is 45.4 Å². The van der Waals surface area contributed by atoms with Crippen molar-refractivity contribution in [1.29, 1.82) is 0 Å². The minimum absolute atomic E-state index is 0.0451. The predicted molar refractivity (Wildman–Crippen MR) is 99.3 cm³/mol. The molecule has 2 amide bonds. The molecule has 0 N–H and O–H groups in total. The topological polar surface area (TPSA) is 84.2 Å². The number of amides is 2. The van der Waals surface area contributed by atoms with E-state index >= 15 is 0 Å². The number of carbonyl (C=O) groups excluding carboxylic acids is 2. The van der Waals surface area contributed by atoms with Gasteiger partial charge in [0, 0.05) is 45.1 Å². The van der Waals surface area contributed by atoms with Crippen molar-refractivity contribution in [2.75, 3.05) is 13.1 Å². The second-order valence-corrected chi connectivity index (χ2v) is 6.84. The van der Waals surface area contributed by atoms with Gasteiger partial charge in [-0.25, -0.2) is 4.68 Å². The van der Waals surface area contributed by atoms with Crippen molar-refractivity contribution in [2.24, 2.45) is 0 Å². The number of aryl methyl sites for hydroxylation is 1. The van der Waals surface area contributed by atoms with Gasteiger partial charge < -0.3 is 9.80 Å². The van der Waals surface area contributed by atoms with Gasteiger partial charge in [-0.3, -0.25) is 9.59 Å². The van der Waals surface area contributed by atoms with Gasteiger partial charge in [-0.15, -0.1) is 5.10 Å². The minimum atomic E-state index is 0.0451. The van der Waals surface area contributed by atoms with Crippen molar-refractivity contribution in [3.05, 3.63) is 42.2 Å². The first kappa shape index (κ1) is 19.0. The highest BCUT2D eigenvalue weighted by Gasteiger charge is 2.30. The summed E-state index contributed by atoms with van der Waals surface area (Å²) in [6, 6.07) is 10.1. The zero-order valence-corrected chi connectivity index (χ0v) is 15.7. The second kappa shape index (κ2) is 9.25. The lowest BCUT2D eigenvalue weighted by Gasteiger charge is -2.31. The van der Waals surface area contributed by atoms with Gasteiger partial charge in [-0.2, -0.15) is 0 Å². The molecule has 1 aromatic carbocycles. The Hall–Kier alpha value is -2.77. The summed E-state index contributed by atoms with van der Waals surface area (Å²) < 4.78 is 1.62. The molecule has 2 heterocycles. The smallest absolute Gasteiger partial charge is 0.224 e. The molecular formula is C19H26N6O2. The zero-order chi connectivity index (χ0) is 19.1. The van der Waals surface area contributed by atoms with Gasteiger partial charge in [0.1, 0.15) is 6.33 Å². The molecule has 3 rings (SSSR count). The maximum Gasteiger partial charge on any atom is 0.224 e. The predicted octanol–water partition coefficient (Wildman–Crippen LogP) is 1.49. The molecule has 1 aromatic heterocycles. The summed E-state index contributed by atoms with van der Waals surface area (Å²) in [6.07, 6.45) is 3.86. The molecule has 8 heteroatoms. The van der Waals surface area contributed by atoms with E-state index in [9.17, 15) is 9.59 Å². The molecule has 27 heavy (non-hydrogen) atoms. The molecule has 1 saturated heterocycles. The van der Waals surface area contributed by atoms with Gasteiger partial charge in [0.15, 0.2) is 0 Å². The Morgan fingerprint density at radius 2 is 2.07 bits per heavy atom. The van der Waals surface area contributed by atoms with Crippen LogP contribution in [0.25, 0.3) is 0 Å². The largest absolute Gasteiger partial charge is 0.340 e. The van der Waals surface area contributed by atoms with Gasteiger partial charge in [0.05, 0.1) is 0 Å². The van der Waals surface area contributed by atoms with Gasteiger partial charge in [0.2, 0.25) is 11.8 Å². The summed E-state index contributed by atoms with van der Waals surface area (Å²) in [4.78, 5) is 29.1. The molecular weight excluding hydrogens is 344 g/mol. The molecule has 0 aliphatic carbocycles. The lowest BCUT2D eigenvalue weighted by Crippen LogP contribution is -2.43. The quantitative estimate of drug-likeness (QED) is 0.737. The van der Waals surface area contributed by atoms with E-state index in [4.69, 9.17) is 0 Å². The Kier molecular flexibility index (Phi) is 6.51. The van der Waals surface area contributed by atoms with Crippen molar-refractivity contribution in [3.63, 3.8) is 0 Å². The van der Waals surface area contributed by atoms with Crippen molar-refractivity contribution in [2.45, 2.75) is 51.7 Å². The SMILES string of the molecule is CC[C@@H]1CN(C(=O)CCCn2cnnn2)CCC(=O)N1Cc1ccccc1. The first-order valence-corrected chi connectivity index (χ1v) is 9.49. The number of tetrazole rings is 1. The fourth-order valence-electron chi connectivity index (χ4n) is 3.43. The molecule has 0 unspecified atom stereocenters. The molecule has 8 nitrogen and oxygen atoms in total. The van der Waals surface area contributed by atoms with E-state index in [-0.39, 0.29) is 17.9 Å². The normalized spacial score (nSPS) is 17.8. The maximum absolute atomic E-state index is 12.7. The first-order valence-electron chi connectivity index (χ1n) is 9.49. The van der Waals surface area contributed by atoms with Crippen molar-refractivity contribution < 1.29 is 9.59 Å². The molecule has 1 aliphatic heterocycles. The Balaban J connectivity index is 1.58. The van der Waals surface area contributed by atoms with Crippen LogP contribution in [0.1, 0.15) is 38.2 Å². The van der Waals surface area contributed by atoms with Crippen LogP contribution in [0.2, 0.25) is 0 Å². The van der Waals surface area contributed by atoms with E-state index < -0.39 is 0 Å². The summed E-state index contributed by atoms with van der Waals surface area (Å²) in [5.74, 6) is 0.213. The van der Waals surface area contributed by atoms with Gasteiger partial charge >= 0.3 is 0 Å². The second-order valence-electron chi connectivity index (χ2n) is 6.84. The number of hydrogen-bond acceptors (Lipinski definition) is 5. The third kappa shape index (κ3) is 5.12. The molecule has 2 aromatic rings. The zero-order valence-electron chi connectivity index (χ0n) is 15.7. The van der Waals surface area contributed by atoms with Crippen LogP contribution in [0, 0.1) is 0 Å². The molecule has 1 fully saturated rings. The van der Waals surface area contributed by atoms with E-state index in [0.717, 1.165) is 12.0 Å². The number of benzene rings is 1. The summed E-state index contributed by atoms with van der Waals surface area (Å²) >= 11 is 0. The van der Waals surface area contributed by atoms with E-state index in [1.165, 1.54) is 0 Å². The van der Waals surface area contributed by atoms with Crippen LogP contribution < -0.4 is 0 Å². The van der Waals surface area contributed by atoms with E-state index in [1.807, 2.05) is 40.1 Å². The summed E-state index contributed by atoms with van der Waals surface area (Å²) in [5.41, 5.74) is 1.12. The average molecular weight is 370 g/mol. The van der Waals surface area contributed by atoms with Crippen molar-refractivity contribution in [1.82, 2.24) is 30.0 Å². The summed E-state index contributed by atoms with van der Waals surface area (Å²) in [7, 11) is 0. The Bertz CT molecular complexity index is 734. The van der Waals surface area contributed by atoms with Crippen LogP contribution >= 0.6 is 0 Å². The lowest BCUT2D eigenvalue weighted by molar-refractivity contribution is -0.133. The molecule has 0 bridgehead atoms. The van der Waals surface area contributed by atoms with Crippen LogP contribution in [0.4, 0.5) is 0 Å². The van der Waals surface area contributed by atoms with Crippen LogP contribution in [0.5, 0.6) is 0 Å². The van der Waals surface area contributed by atoms with Gasteiger partial charge in [0.25, 0.3) is 0 Å². The Morgan fingerprint density at radius 3 is 2.78 bits per heavy atom. The molecule has 0 spiro atoms. The fourth-order valence-corrected chi connectivity index (χ4v) is 3.43. The summed E-state index contributed by atoms with van der Waals surface area (Å²) in [5, 5.41) is 11.0. The van der Waals surface area contributed by atoms with Crippen LogP contribution in [0.15, 0.2) is 36.7 Å². The molecule has 0 radical (unpaired) electrons. The van der Waals surface area contributed by atoms with Gasteiger partial charge in [-0.1, -0.05) is 37.3 Å². The molecule has 1 aliphatic rings. The number of rotatable bonds is 7. The van der Waals surface area contributed by atoms with E-state index in [1.54, 1.807) is 11.0 Å². The number of aromatic nitrogens is 4. The third-order valence-corrected chi connectivity index (χ3v) is 4.98. The highest BCUT2D eigenvalue weighted by molar-refractivity contribution is 5.80. The maximum atomic E-state index is 12.7. The number of hydrogen-bond donors (Lipinski definition) is 0. The van der Waals surface area contributed by atoms with Crippen LogP contribution in [-0.2, 0) is 22.7 Å². The standard InChI is InChI=1S/C19H26N6O2/c1-2-17-14-23(18(26)9-6-11-24-15-20-21-22-24)12-10-19(27)25(17)13-16-7-4-3-5-8-16/h3-5,7-8,15,17H,2,6,9-14H2,1H3/t17-/m1/s1. The average Bonchev–Trinajstić information content (AvgIpc) is 3.15. The van der Waals surface area contributed by atoms with Crippen molar-refractivity contribution in [3.8, 4) is 0 Å². The molecule has 1 atom stereocenters. The number of nitrogens with zero attached hydrogens (tertiary/aromatic N) is 6. The first-order chi connectivity index (χ1) is 13.2. The van der Waals surface area contributed by atoms with E-state index in [2.05, 4.69) is 22.4 Å². The Morgan fingerprint density at radius 1 is 1.26 bits per heavy atom. The third-order valence-electron chi connectivity index (χ3n) is 4.98. The number of carbonyl (C=O) groups is 2. The van der Waals surface area contributed by atoms with Crippen molar-refractivity contribution >= 4 is 11.8 Å². The molecule has 144 valence electrons. The van der Waals surface area contributed by atoms with Crippen LogP contribution in [-0.4, -0.2) is 61.0 Å². The molecule has 0 saturated carbocycles. The summed E-state index contributed by atoms with van der Waals surface area (Å²) in [6.45, 7) is 4.37. The highest BCUT2D eigenvalue weighted by atomic mass is 16.2. The monoisotopic (exact) mass is 370 g/mol. The highest BCUT2D eigenvalue weighted by Crippen LogP contribution is 2.18. The van der Waals surface area contributed by atoms with Gasteiger partial charge in [-0.05, 0) is 28.8 Å².